The van der Waals surface area contributed by atoms with Gasteiger partial charge in [0.15, 0.2) is 0 Å². The average molecular weight is 347 g/mol. The number of carbonyl (C=O) groups excluding carboxylic acids is 2. The number of Topliss-reactive ketones (excluding diaryl/α,β-unsaturated/α-hetero) is 2. The summed E-state index contributed by atoms with van der Waals surface area (Å²) in [6, 6.07) is 0. The van der Waals surface area contributed by atoms with E-state index in [-0.39, 0.29) is 32.7 Å². The van der Waals surface area contributed by atoms with Crippen LogP contribution in [0.25, 0.3) is 0 Å². The molecule has 2 nitrogen and oxygen atoms in total. The van der Waals surface area contributed by atoms with Gasteiger partial charge in [0.05, 0.1) is 0 Å². The van der Waals surface area contributed by atoms with Gasteiger partial charge in [-0.2, -0.15) is 0 Å². The summed E-state index contributed by atoms with van der Waals surface area (Å²) >= 11 is 0.149. The Morgan fingerprint density at radius 3 is 1.41 bits per heavy atom. The Kier molecular flexibility index (Phi) is 18.5. The van der Waals surface area contributed by atoms with Crippen LogP contribution in [0.15, 0.2) is 0 Å². The van der Waals surface area contributed by atoms with Crippen LogP contribution in [0.5, 0.6) is 0 Å². The van der Waals surface area contributed by atoms with Gasteiger partial charge < -0.3 is 9.59 Å². The van der Waals surface area contributed by atoms with Crippen molar-refractivity contribution in [1.82, 2.24) is 0 Å². The Hall–Kier alpha value is 0.139. The van der Waals surface area contributed by atoms with Crippen molar-refractivity contribution in [2.75, 3.05) is 0 Å². The molecule has 2 radical (unpaired) electrons. The number of hydrogen-bond donors (Lipinski definition) is 0. The van der Waals surface area contributed by atoms with Crippen molar-refractivity contribution >= 4 is 32.7 Å². The van der Waals surface area contributed by atoms with Gasteiger partial charge in [-0.1, -0.05) is 0 Å². The average Bonchev–Trinajstić information content (AvgIpc) is 2.27. The molecule has 0 aromatic rings. The van der Waals surface area contributed by atoms with Crippen LogP contribution in [0.3, 0.4) is 0 Å². The van der Waals surface area contributed by atoms with E-state index in [4.69, 9.17) is 0 Å². The van der Waals surface area contributed by atoms with Crippen molar-refractivity contribution in [2.24, 2.45) is 0 Å². The third-order valence-corrected chi connectivity index (χ3v) is 6.28. The molecule has 0 atom stereocenters. The maximum atomic E-state index is 10.2. The topological polar surface area (TPSA) is 34.1 Å². The fourth-order valence-electron chi connectivity index (χ4n) is 1.08. The van der Waals surface area contributed by atoms with Gasteiger partial charge >= 0.3 is 69.5 Å². The van der Waals surface area contributed by atoms with E-state index >= 15 is 0 Å². The Balaban J connectivity index is 0. The van der Waals surface area contributed by atoms with Crippen molar-refractivity contribution < 1.29 is 9.59 Å². The van der Waals surface area contributed by atoms with Gasteiger partial charge in [-0.05, 0) is 13.8 Å². The fourth-order valence-corrected chi connectivity index (χ4v) is 5.24. The fraction of sp³-hybridized carbons (Fsp3) is 0.857. The molecule has 0 aromatic heterocycles. The molecule has 0 rings (SSSR count). The maximum absolute atomic E-state index is 10.2. The van der Waals surface area contributed by atoms with Crippen LogP contribution in [0.2, 0.25) is 8.87 Å². The molecule has 0 amide bonds. The first kappa shape index (κ1) is 19.5. The third-order valence-electron chi connectivity index (χ3n) is 2.24. The van der Waals surface area contributed by atoms with Crippen LogP contribution in [-0.4, -0.2) is 32.7 Å². The molecule has 0 aromatic carbocycles. The minimum atomic E-state index is 0.0835. The van der Waals surface area contributed by atoms with Crippen LogP contribution in [0, 0.1) is 0 Å². The van der Waals surface area contributed by atoms with Crippen LogP contribution in [0.4, 0.5) is 0 Å². The summed E-state index contributed by atoms with van der Waals surface area (Å²) in [6.45, 7) is 7.56. The van der Waals surface area contributed by atoms with E-state index < -0.39 is 0 Å². The van der Waals surface area contributed by atoms with E-state index in [1.807, 2.05) is 0 Å². The summed E-state index contributed by atoms with van der Waals surface area (Å²) in [6.07, 6.45) is 6.64. The van der Waals surface area contributed by atoms with Crippen LogP contribution in [-0.2, 0) is 9.59 Å². The molecular weight excluding hydrogens is 319 g/mol. The van der Waals surface area contributed by atoms with Crippen molar-refractivity contribution in [3.05, 3.63) is 0 Å². The number of rotatable bonds is 9. The summed E-state index contributed by atoms with van der Waals surface area (Å²) in [5.74, 6) is 0.167. The predicted molar refractivity (Wildman–Crippen MR) is 75.8 cm³/mol. The standard InChI is InChI=1S/C6H10O2.2C4H9.Sn/c1-5(7)3-4-6(2)8;2*1-3-4-2;/h3-4H2,1-2H3;2*1,3-4H2,2H3;. The van der Waals surface area contributed by atoms with Gasteiger partial charge in [0.25, 0.3) is 0 Å². The molecule has 0 aliphatic carbocycles. The second kappa shape index (κ2) is 16.1. The molecule has 0 fully saturated rings. The molecule has 0 N–H and O–H groups in total. The van der Waals surface area contributed by atoms with Crippen molar-refractivity contribution in [3.63, 3.8) is 0 Å². The molecule has 0 heterocycles. The zero-order valence-corrected chi connectivity index (χ0v) is 14.8. The molecule has 100 valence electrons. The van der Waals surface area contributed by atoms with Crippen molar-refractivity contribution in [3.8, 4) is 0 Å². The zero-order valence-electron chi connectivity index (χ0n) is 12.0. The second-order valence-corrected chi connectivity index (χ2v) is 8.64. The molecular formula is C14H28O2Sn. The molecule has 0 saturated heterocycles. The number of unbranched alkanes of at least 4 members (excludes halogenated alkanes) is 2. The molecule has 0 aliphatic rings. The summed E-state index contributed by atoms with van der Waals surface area (Å²) in [5.41, 5.74) is 0. The monoisotopic (exact) mass is 348 g/mol. The van der Waals surface area contributed by atoms with E-state index in [0.29, 0.717) is 12.8 Å². The first-order valence-corrected chi connectivity index (χ1v) is 10.8. The van der Waals surface area contributed by atoms with Gasteiger partial charge in [-0.25, -0.2) is 0 Å². The summed E-state index contributed by atoms with van der Waals surface area (Å²) < 4.78 is 3.25. The Bertz CT molecular complexity index is 171. The van der Waals surface area contributed by atoms with Crippen LogP contribution in [0.1, 0.15) is 66.2 Å². The van der Waals surface area contributed by atoms with Crippen LogP contribution >= 0.6 is 0 Å². The molecule has 0 unspecified atom stereocenters. The second-order valence-electron chi connectivity index (χ2n) is 4.36. The van der Waals surface area contributed by atoms with E-state index in [1.54, 1.807) is 8.87 Å². The van der Waals surface area contributed by atoms with Crippen molar-refractivity contribution in [1.29, 1.82) is 0 Å². The normalized spacial score (nSPS) is 9.41. The van der Waals surface area contributed by atoms with E-state index in [2.05, 4.69) is 13.8 Å². The third kappa shape index (κ3) is 26.0. The molecule has 17 heavy (non-hydrogen) atoms. The van der Waals surface area contributed by atoms with Gasteiger partial charge in [-0.15, -0.1) is 0 Å². The Morgan fingerprint density at radius 1 is 0.824 bits per heavy atom. The molecule has 3 heteroatoms. The molecule has 0 spiro atoms. The first-order chi connectivity index (χ1) is 8.04. The zero-order chi connectivity index (χ0) is 13.5. The molecule has 0 aliphatic heterocycles. The van der Waals surface area contributed by atoms with Gasteiger partial charge in [0, 0.05) is 12.8 Å². The summed E-state index contributed by atoms with van der Waals surface area (Å²) in [4.78, 5) is 20.4. The number of ketones is 2. The minimum absolute atomic E-state index is 0.0835. The van der Waals surface area contributed by atoms with Gasteiger partial charge in [-0.3, -0.25) is 0 Å². The number of carbonyl (C=O) groups is 2. The quantitative estimate of drug-likeness (QED) is 0.465. The Labute approximate surface area is 117 Å². The van der Waals surface area contributed by atoms with Crippen molar-refractivity contribution in [2.45, 2.75) is 75.1 Å². The number of hydrogen-bond acceptors (Lipinski definition) is 2. The SMILES string of the molecule is CC(=O)CCC(C)=O.CCC[CH2][Sn][CH2]CCC. The molecule has 0 saturated carbocycles. The Morgan fingerprint density at radius 2 is 1.18 bits per heavy atom. The summed E-state index contributed by atoms with van der Waals surface area (Å²) in [7, 11) is 0. The van der Waals surface area contributed by atoms with E-state index in [0.717, 1.165) is 0 Å². The van der Waals surface area contributed by atoms with Gasteiger partial charge in [0.1, 0.15) is 11.6 Å². The summed E-state index contributed by atoms with van der Waals surface area (Å²) in [5, 5.41) is 0. The first-order valence-electron chi connectivity index (χ1n) is 6.74. The van der Waals surface area contributed by atoms with E-state index in [1.165, 1.54) is 39.5 Å². The van der Waals surface area contributed by atoms with Crippen LogP contribution < -0.4 is 0 Å². The van der Waals surface area contributed by atoms with Gasteiger partial charge in [0.2, 0.25) is 0 Å². The van der Waals surface area contributed by atoms with E-state index in [9.17, 15) is 9.59 Å². The predicted octanol–water partition coefficient (Wildman–Crippen LogP) is 4.07. The molecule has 0 bridgehead atoms.